The minimum Gasteiger partial charge on any atom is -0.462 e. The van der Waals surface area contributed by atoms with Crippen molar-refractivity contribution in [1.82, 2.24) is 0 Å². The molecule has 1 rings (SSSR count). The average Bonchev–Trinajstić information content (AvgIpc) is 2.67. The van der Waals surface area contributed by atoms with E-state index in [1.165, 1.54) is 25.1 Å². The number of carbonyl (C=O) groups is 4. The Morgan fingerprint density at radius 3 is 2.14 bits per heavy atom. The molecule has 0 aliphatic carbocycles. The molecular weight excluding hydrogens is 390 g/mol. The van der Waals surface area contributed by atoms with Crippen LogP contribution in [0.1, 0.15) is 19.4 Å². The molecule has 160 valence electrons. The molecule has 0 heterocycles. The van der Waals surface area contributed by atoms with Gasteiger partial charge in [0.25, 0.3) is 0 Å². The van der Waals surface area contributed by atoms with E-state index in [1.54, 1.807) is 6.92 Å². The second-order valence-electron chi connectivity index (χ2n) is 5.75. The maximum atomic E-state index is 12.1. The van der Waals surface area contributed by atoms with Crippen LogP contribution in [0.25, 0.3) is 0 Å². The number of rotatable bonds is 8. The van der Waals surface area contributed by atoms with Crippen LogP contribution >= 0.6 is 0 Å². The van der Waals surface area contributed by atoms with E-state index in [4.69, 9.17) is 24.7 Å². The number of ether oxygens (including phenoxy) is 6. The topological polar surface area (TPSA) is 150 Å². The summed E-state index contributed by atoms with van der Waals surface area (Å²) in [6.07, 6.45) is -2.71. The van der Waals surface area contributed by atoms with E-state index in [-0.39, 0.29) is 24.5 Å². The molecule has 0 radical (unpaired) electrons. The molecule has 0 spiro atoms. The second kappa shape index (κ2) is 11.5. The lowest BCUT2D eigenvalue weighted by Gasteiger charge is -2.17. The Bertz CT molecular complexity index is 748. The molecule has 0 bridgehead atoms. The van der Waals surface area contributed by atoms with E-state index in [9.17, 15) is 19.2 Å². The molecular formula is C18H23NO10. The van der Waals surface area contributed by atoms with Crippen LogP contribution in [0, 0.1) is 0 Å². The molecule has 29 heavy (non-hydrogen) atoms. The molecule has 0 aliphatic rings. The minimum absolute atomic E-state index is 0.0230. The SMILES string of the molecule is COC(=O)Oc1ccc(C[C@H](N)C(=O)O[C@@H](C)COC(C)=O)cc1OC(=O)OC. The lowest BCUT2D eigenvalue weighted by molar-refractivity contribution is -0.157. The van der Waals surface area contributed by atoms with Crippen LogP contribution in [-0.2, 0) is 35.0 Å². The van der Waals surface area contributed by atoms with Gasteiger partial charge in [-0.1, -0.05) is 6.07 Å². The molecule has 0 saturated carbocycles. The molecule has 0 saturated heterocycles. The predicted molar refractivity (Wildman–Crippen MR) is 96.4 cm³/mol. The largest absolute Gasteiger partial charge is 0.513 e. The Labute approximate surface area is 166 Å². The molecule has 0 fully saturated rings. The third-order valence-electron chi connectivity index (χ3n) is 3.33. The molecule has 0 unspecified atom stereocenters. The first-order valence-electron chi connectivity index (χ1n) is 8.40. The molecule has 1 aromatic carbocycles. The molecule has 2 N–H and O–H groups in total. The molecule has 0 aromatic heterocycles. The highest BCUT2D eigenvalue weighted by Crippen LogP contribution is 2.29. The maximum Gasteiger partial charge on any atom is 0.513 e. The van der Waals surface area contributed by atoms with E-state index in [2.05, 4.69) is 9.47 Å². The van der Waals surface area contributed by atoms with Crippen molar-refractivity contribution in [2.24, 2.45) is 5.73 Å². The van der Waals surface area contributed by atoms with Crippen molar-refractivity contribution in [2.45, 2.75) is 32.4 Å². The van der Waals surface area contributed by atoms with Gasteiger partial charge in [-0.3, -0.25) is 9.59 Å². The summed E-state index contributed by atoms with van der Waals surface area (Å²) in [5.41, 5.74) is 6.34. The van der Waals surface area contributed by atoms with Crippen LogP contribution in [0.5, 0.6) is 11.5 Å². The van der Waals surface area contributed by atoms with Gasteiger partial charge in [-0.15, -0.1) is 0 Å². The van der Waals surface area contributed by atoms with Gasteiger partial charge in [0.1, 0.15) is 18.8 Å². The zero-order valence-corrected chi connectivity index (χ0v) is 16.5. The maximum absolute atomic E-state index is 12.1. The van der Waals surface area contributed by atoms with Gasteiger partial charge in [0.05, 0.1) is 14.2 Å². The smallest absolute Gasteiger partial charge is 0.462 e. The zero-order valence-electron chi connectivity index (χ0n) is 16.5. The van der Waals surface area contributed by atoms with Crippen molar-refractivity contribution in [1.29, 1.82) is 0 Å². The highest BCUT2D eigenvalue weighted by Gasteiger charge is 2.21. The highest BCUT2D eigenvalue weighted by atomic mass is 16.7. The summed E-state index contributed by atoms with van der Waals surface area (Å²) >= 11 is 0. The van der Waals surface area contributed by atoms with E-state index in [0.29, 0.717) is 5.56 Å². The minimum atomic E-state index is -1.05. The molecule has 2 atom stereocenters. The van der Waals surface area contributed by atoms with Crippen LogP contribution in [-0.4, -0.2) is 57.2 Å². The number of methoxy groups -OCH3 is 2. The Balaban J connectivity index is 2.84. The van der Waals surface area contributed by atoms with E-state index in [0.717, 1.165) is 14.2 Å². The zero-order chi connectivity index (χ0) is 22.0. The number of esters is 2. The van der Waals surface area contributed by atoms with Gasteiger partial charge < -0.3 is 34.2 Å². The van der Waals surface area contributed by atoms with Gasteiger partial charge in [-0.2, -0.15) is 0 Å². The van der Waals surface area contributed by atoms with Crippen LogP contribution < -0.4 is 15.2 Å². The second-order valence-corrected chi connectivity index (χ2v) is 5.75. The van der Waals surface area contributed by atoms with E-state index >= 15 is 0 Å². The van der Waals surface area contributed by atoms with Crippen molar-refractivity contribution >= 4 is 24.2 Å². The molecule has 11 heteroatoms. The first-order chi connectivity index (χ1) is 13.7. The predicted octanol–water partition coefficient (Wildman–Crippen LogP) is 1.34. The summed E-state index contributed by atoms with van der Waals surface area (Å²) in [5, 5.41) is 0. The highest BCUT2D eigenvalue weighted by molar-refractivity contribution is 5.76. The summed E-state index contributed by atoms with van der Waals surface area (Å²) in [6.45, 7) is 2.70. The number of nitrogens with two attached hydrogens (primary N) is 1. The molecule has 0 aliphatic heterocycles. The third-order valence-corrected chi connectivity index (χ3v) is 3.33. The summed E-state index contributed by atoms with van der Waals surface area (Å²) in [6, 6.07) is 3.15. The van der Waals surface area contributed by atoms with Gasteiger partial charge in [0, 0.05) is 6.92 Å². The lowest BCUT2D eigenvalue weighted by Crippen LogP contribution is -2.37. The summed E-state index contributed by atoms with van der Waals surface area (Å²) < 4.78 is 28.5. The van der Waals surface area contributed by atoms with E-state index in [1.807, 2.05) is 0 Å². The van der Waals surface area contributed by atoms with E-state index < -0.39 is 36.4 Å². The van der Waals surface area contributed by atoms with Crippen molar-refractivity contribution < 1.29 is 47.6 Å². The first-order valence-corrected chi connectivity index (χ1v) is 8.40. The average molecular weight is 413 g/mol. The van der Waals surface area contributed by atoms with Crippen LogP contribution in [0.15, 0.2) is 18.2 Å². The summed E-state index contributed by atoms with van der Waals surface area (Å²) in [7, 11) is 2.22. The van der Waals surface area contributed by atoms with Crippen molar-refractivity contribution in [3.8, 4) is 11.5 Å². The number of carbonyl (C=O) groups excluding carboxylic acids is 4. The van der Waals surface area contributed by atoms with Gasteiger partial charge in [0.2, 0.25) is 0 Å². The fourth-order valence-corrected chi connectivity index (χ4v) is 2.00. The van der Waals surface area contributed by atoms with Gasteiger partial charge in [-0.05, 0) is 31.0 Å². The summed E-state index contributed by atoms with van der Waals surface area (Å²) in [5.74, 6) is -1.44. The van der Waals surface area contributed by atoms with Gasteiger partial charge in [0.15, 0.2) is 11.5 Å². The first kappa shape index (κ1) is 23.7. The van der Waals surface area contributed by atoms with Crippen LogP contribution in [0.3, 0.4) is 0 Å². The lowest BCUT2D eigenvalue weighted by atomic mass is 10.1. The fourth-order valence-electron chi connectivity index (χ4n) is 2.00. The quantitative estimate of drug-likeness (QED) is 0.373. The Kier molecular flexibility index (Phi) is 9.39. The van der Waals surface area contributed by atoms with Crippen molar-refractivity contribution in [3.05, 3.63) is 23.8 Å². The van der Waals surface area contributed by atoms with Crippen molar-refractivity contribution in [3.63, 3.8) is 0 Å². The standard InChI is InChI=1S/C18H23NO10/c1-10(9-26-11(2)20)27-16(21)13(19)7-12-5-6-14(28-17(22)24-3)15(8-12)29-18(23)25-4/h5-6,8,10,13H,7,9,19H2,1-4H3/t10-,13-/m0/s1. The fraction of sp³-hybridized carbons (Fsp3) is 0.444. The Morgan fingerprint density at radius 1 is 1.00 bits per heavy atom. The van der Waals surface area contributed by atoms with Gasteiger partial charge >= 0.3 is 24.2 Å². The number of benzene rings is 1. The van der Waals surface area contributed by atoms with Crippen molar-refractivity contribution in [2.75, 3.05) is 20.8 Å². The Hall–Kier alpha value is -3.34. The van der Waals surface area contributed by atoms with Crippen LogP contribution in [0.2, 0.25) is 0 Å². The molecule has 0 amide bonds. The molecule has 1 aromatic rings. The Morgan fingerprint density at radius 2 is 1.59 bits per heavy atom. The monoisotopic (exact) mass is 413 g/mol. The van der Waals surface area contributed by atoms with Crippen LogP contribution in [0.4, 0.5) is 9.59 Å². The normalized spacial score (nSPS) is 12.2. The van der Waals surface area contributed by atoms with Gasteiger partial charge in [-0.25, -0.2) is 9.59 Å². The third kappa shape index (κ3) is 8.47. The number of hydrogen-bond donors (Lipinski definition) is 1. The molecule has 11 nitrogen and oxygen atoms in total. The summed E-state index contributed by atoms with van der Waals surface area (Å²) in [4.78, 5) is 45.6. The number of hydrogen-bond acceptors (Lipinski definition) is 11.